The molecule has 0 aliphatic heterocycles. The Hall–Kier alpha value is -3.08. The van der Waals surface area contributed by atoms with Crippen molar-refractivity contribution >= 4 is 16.9 Å². The summed E-state index contributed by atoms with van der Waals surface area (Å²) in [5.41, 5.74) is 1.00. The first-order valence-electron chi connectivity index (χ1n) is 12.2. The van der Waals surface area contributed by atoms with Crippen molar-refractivity contribution in [2.75, 3.05) is 0 Å². The predicted octanol–water partition coefficient (Wildman–Crippen LogP) is 6.53. The van der Waals surface area contributed by atoms with E-state index in [0.29, 0.717) is 17.4 Å². The van der Waals surface area contributed by atoms with E-state index in [4.69, 9.17) is 9.47 Å². The van der Waals surface area contributed by atoms with Gasteiger partial charge in [0.15, 0.2) is 0 Å². The lowest BCUT2D eigenvalue weighted by Gasteiger charge is -2.41. The molecule has 4 rings (SSSR count). The molecule has 1 unspecified atom stereocenters. The number of aromatic nitrogens is 1. The number of carbonyl (C=O) groups is 1. The Labute approximate surface area is 201 Å². The van der Waals surface area contributed by atoms with Crippen molar-refractivity contribution < 1.29 is 14.3 Å². The molecule has 1 aliphatic rings. The number of para-hydroxylation sites is 1. The molecule has 34 heavy (non-hydrogen) atoms. The smallest absolute Gasteiger partial charge is 0.309 e. The number of benzene rings is 2. The van der Waals surface area contributed by atoms with E-state index in [2.05, 4.69) is 6.07 Å². The zero-order valence-electron chi connectivity index (χ0n) is 21.1. The second-order valence-electron chi connectivity index (χ2n) is 10.4. The number of nitrogens with zero attached hydrogens (tertiary/aromatic N) is 1. The lowest BCUT2D eigenvalue weighted by atomic mass is 9.88. The first-order chi connectivity index (χ1) is 16.0. The minimum Gasteiger partial charge on any atom is -0.484 e. The predicted molar refractivity (Wildman–Crippen MR) is 136 cm³/mol. The van der Waals surface area contributed by atoms with E-state index >= 15 is 0 Å². The van der Waals surface area contributed by atoms with Gasteiger partial charge in [0.25, 0.3) is 5.56 Å². The van der Waals surface area contributed by atoms with Crippen LogP contribution in [-0.4, -0.2) is 21.7 Å². The highest BCUT2D eigenvalue weighted by Gasteiger charge is 2.43. The lowest BCUT2D eigenvalue weighted by Crippen LogP contribution is -2.53. The maximum atomic E-state index is 13.4. The van der Waals surface area contributed by atoms with Crippen molar-refractivity contribution in [3.63, 3.8) is 0 Å². The fraction of sp³-hybridized carbons (Fsp3) is 0.448. The Bertz CT molecular complexity index is 1250. The average Bonchev–Trinajstić information content (AvgIpc) is 3.63. The van der Waals surface area contributed by atoms with Crippen LogP contribution in [0.3, 0.4) is 0 Å². The van der Waals surface area contributed by atoms with Gasteiger partial charge in [-0.15, -0.1) is 0 Å². The Kier molecular flexibility index (Phi) is 6.32. The molecule has 0 amide bonds. The van der Waals surface area contributed by atoms with Crippen molar-refractivity contribution in [3.8, 4) is 16.9 Å². The van der Waals surface area contributed by atoms with Gasteiger partial charge in [-0.3, -0.25) is 9.59 Å². The van der Waals surface area contributed by atoms with Gasteiger partial charge in [0.05, 0.1) is 11.4 Å². The number of esters is 1. The van der Waals surface area contributed by atoms with Gasteiger partial charge < -0.3 is 14.0 Å². The normalized spacial score (nSPS) is 15.2. The van der Waals surface area contributed by atoms with Gasteiger partial charge in [0.2, 0.25) is 0 Å². The minimum atomic E-state index is -0.831. The van der Waals surface area contributed by atoms with Crippen LogP contribution < -0.4 is 10.3 Å². The van der Waals surface area contributed by atoms with E-state index in [9.17, 15) is 9.59 Å². The highest BCUT2D eigenvalue weighted by molar-refractivity contribution is 5.84. The highest BCUT2D eigenvalue weighted by atomic mass is 16.6. The van der Waals surface area contributed by atoms with Gasteiger partial charge in [-0.2, -0.15) is 0 Å². The van der Waals surface area contributed by atoms with Gasteiger partial charge in [-0.1, -0.05) is 44.2 Å². The molecular weight excluding hydrogens is 426 g/mol. The molecule has 0 N–H and O–H groups in total. The summed E-state index contributed by atoms with van der Waals surface area (Å²) in [6.45, 7) is 11.4. The zero-order chi connectivity index (χ0) is 24.7. The third kappa shape index (κ3) is 4.61. The number of rotatable bonds is 8. The van der Waals surface area contributed by atoms with E-state index in [1.807, 2.05) is 94.6 Å². The molecule has 1 fully saturated rings. The number of pyridine rings is 1. The first-order valence-corrected chi connectivity index (χ1v) is 12.2. The summed E-state index contributed by atoms with van der Waals surface area (Å²) in [4.78, 5) is 25.8. The second kappa shape index (κ2) is 8.94. The maximum Gasteiger partial charge on any atom is 0.309 e. The summed E-state index contributed by atoms with van der Waals surface area (Å²) in [6, 6.07) is 17.9. The third-order valence-corrected chi connectivity index (χ3v) is 7.22. The molecule has 1 atom stereocenters. The quantitative estimate of drug-likeness (QED) is 0.358. The second-order valence-corrected chi connectivity index (χ2v) is 10.4. The molecule has 1 heterocycles. The Morgan fingerprint density at radius 3 is 2.29 bits per heavy atom. The van der Waals surface area contributed by atoms with Crippen LogP contribution in [0.25, 0.3) is 22.0 Å². The summed E-state index contributed by atoms with van der Waals surface area (Å²) < 4.78 is 14.0. The zero-order valence-corrected chi connectivity index (χ0v) is 21.1. The molecule has 1 aliphatic carbocycles. The maximum absolute atomic E-state index is 13.4. The van der Waals surface area contributed by atoms with Crippen LogP contribution in [0.15, 0.2) is 59.4 Å². The number of hydrogen-bond donors (Lipinski definition) is 0. The fourth-order valence-corrected chi connectivity index (χ4v) is 3.95. The van der Waals surface area contributed by atoms with E-state index in [0.717, 1.165) is 35.7 Å². The highest BCUT2D eigenvalue weighted by Crippen LogP contribution is 2.37. The standard InChI is InChI=1S/C29H35NO4/c1-7-19(2)27(32)34-29(5,6)28(3,4)33-23-16-12-20(13-17-23)24-18-21-10-8-9-11-25(21)30(26(24)31)22-14-15-22/h8-13,16-19,22H,7,14-15H2,1-6H3. The van der Waals surface area contributed by atoms with Crippen molar-refractivity contribution in [1.29, 1.82) is 0 Å². The van der Waals surface area contributed by atoms with E-state index < -0.39 is 11.2 Å². The summed E-state index contributed by atoms with van der Waals surface area (Å²) in [5, 5.41) is 1.07. The number of fused-ring (bicyclic) bond motifs is 1. The molecule has 0 spiro atoms. The van der Waals surface area contributed by atoms with Crippen LogP contribution >= 0.6 is 0 Å². The molecule has 0 radical (unpaired) electrons. The van der Waals surface area contributed by atoms with E-state index in [-0.39, 0.29) is 17.4 Å². The minimum absolute atomic E-state index is 0.0493. The molecule has 1 saturated carbocycles. The summed E-state index contributed by atoms with van der Waals surface area (Å²) in [5.74, 6) is 0.281. The fourth-order valence-electron chi connectivity index (χ4n) is 3.95. The van der Waals surface area contributed by atoms with Crippen LogP contribution in [0, 0.1) is 5.92 Å². The molecule has 0 bridgehead atoms. The van der Waals surface area contributed by atoms with Crippen LogP contribution in [0.5, 0.6) is 5.75 Å². The van der Waals surface area contributed by atoms with Gasteiger partial charge >= 0.3 is 5.97 Å². The summed E-state index contributed by atoms with van der Waals surface area (Å²) in [7, 11) is 0. The van der Waals surface area contributed by atoms with Crippen LogP contribution in [-0.2, 0) is 9.53 Å². The Morgan fingerprint density at radius 2 is 1.68 bits per heavy atom. The van der Waals surface area contributed by atoms with Crippen LogP contribution in [0.2, 0.25) is 0 Å². The molecule has 5 nitrogen and oxygen atoms in total. The Morgan fingerprint density at radius 1 is 1.03 bits per heavy atom. The molecule has 3 aromatic rings. The molecule has 180 valence electrons. The lowest BCUT2D eigenvalue weighted by molar-refractivity contribution is -0.180. The number of carbonyl (C=O) groups excluding carboxylic acids is 1. The number of ether oxygens (including phenoxy) is 2. The van der Waals surface area contributed by atoms with Crippen LogP contribution in [0.1, 0.15) is 66.8 Å². The Balaban J connectivity index is 1.59. The monoisotopic (exact) mass is 461 g/mol. The average molecular weight is 462 g/mol. The molecular formula is C29H35NO4. The van der Waals surface area contributed by atoms with Crippen molar-refractivity contribution in [2.24, 2.45) is 5.92 Å². The number of hydrogen-bond acceptors (Lipinski definition) is 4. The molecule has 1 aromatic heterocycles. The molecule has 0 saturated heterocycles. The van der Waals surface area contributed by atoms with Gasteiger partial charge in [-0.25, -0.2) is 0 Å². The van der Waals surface area contributed by atoms with Crippen molar-refractivity contribution in [3.05, 3.63) is 65.0 Å². The van der Waals surface area contributed by atoms with E-state index in [1.54, 1.807) is 0 Å². The van der Waals surface area contributed by atoms with Crippen LogP contribution in [0.4, 0.5) is 0 Å². The molecule has 5 heteroatoms. The first kappa shape index (κ1) is 24.1. The summed E-state index contributed by atoms with van der Waals surface area (Å²) >= 11 is 0. The van der Waals surface area contributed by atoms with E-state index in [1.165, 1.54) is 0 Å². The van der Waals surface area contributed by atoms with Gasteiger partial charge in [0, 0.05) is 11.6 Å². The van der Waals surface area contributed by atoms with Crippen molar-refractivity contribution in [2.45, 2.75) is 78.0 Å². The largest absolute Gasteiger partial charge is 0.484 e. The van der Waals surface area contributed by atoms with Crippen molar-refractivity contribution in [1.82, 2.24) is 4.57 Å². The van der Waals surface area contributed by atoms with Gasteiger partial charge in [-0.05, 0) is 82.2 Å². The topological polar surface area (TPSA) is 57.5 Å². The third-order valence-electron chi connectivity index (χ3n) is 7.22. The summed E-state index contributed by atoms with van der Waals surface area (Å²) in [6.07, 6.45) is 2.83. The SMILES string of the molecule is CCC(C)C(=O)OC(C)(C)C(C)(C)Oc1ccc(-c2cc3ccccc3n(C3CC3)c2=O)cc1. The molecule has 2 aromatic carbocycles. The van der Waals surface area contributed by atoms with Gasteiger partial charge in [0.1, 0.15) is 17.0 Å².